The van der Waals surface area contributed by atoms with Gasteiger partial charge in [0.05, 0.1) is 30.8 Å². The van der Waals surface area contributed by atoms with Gasteiger partial charge in [-0.25, -0.2) is 14.8 Å². The first-order chi connectivity index (χ1) is 18.1. The number of fused-ring (bicyclic) bond motifs is 5. The lowest BCUT2D eigenvalue weighted by Gasteiger charge is -2.34. The first kappa shape index (κ1) is 26.6. The molecule has 3 heterocycles. The molecule has 3 aliphatic rings. The summed E-state index contributed by atoms with van der Waals surface area (Å²) in [6.07, 6.45) is 5.58. The number of carboxylic acids is 1. The maximum atomic E-state index is 13.7. The topological polar surface area (TPSA) is 123 Å². The average Bonchev–Trinajstić information content (AvgIpc) is 3.47. The van der Waals surface area contributed by atoms with E-state index in [4.69, 9.17) is 24.3 Å². The lowest BCUT2D eigenvalue weighted by atomic mass is 9.86. The Hall–Kier alpha value is -2.98. The molecular formula is C28H38N4O6. The average molecular weight is 527 g/mol. The van der Waals surface area contributed by atoms with Crippen molar-refractivity contribution in [3.8, 4) is 11.6 Å². The normalized spacial score (nSPS) is 28.7. The summed E-state index contributed by atoms with van der Waals surface area (Å²) in [5.41, 5.74) is 4.69. The van der Waals surface area contributed by atoms with Crippen LogP contribution in [-0.4, -0.2) is 69.8 Å². The standard InChI is InChI=1S/C28H38N4O6/c1-28(2,3)24-26(33)32-15-18(14-22(32)27(34)35)37-25-20(9-7-5-6-8-16-12-23(16)38-31-24)29-19-11-10-17(36-4)13-21(19)30-25/h10-11,13,16,18,22-24,31H,5-9,12,14-15H2,1-4H3,(H,34,35)/t16-,18-,22+,23-,24-/m1/s1. The lowest BCUT2D eigenvalue weighted by molar-refractivity contribution is -0.153. The van der Waals surface area contributed by atoms with Gasteiger partial charge in [0.25, 0.3) is 0 Å². The van der Waals surface area contributed by atoms with Gasteiger partial charge in [0.2, 0.25) is 11.8 Å². The van der Waals surface area contributed by atoms with Crippen LogP contribution in [0.5, 0.6) is 11.6 Å². The number of aryl methyl sites for hydroxylation is 1. The number of hydroxylamine groups is 1. The van der Waals surface area contributed by atoms with Crippen LogP contribution in [0.3, 0.4) is 0 Å². The molecule has 0 spiro atoms. The molecule has 206 valence electrons. The molecule has 1 aromatic carbocycles. The first-order valence-electron chi connectivity index (χ1n) is 13.6. The van der Waals surface area contributed by atoms with E-state index in [1.807, 2.05) is 39.0 Å². The van der Waals surface area contributed by atoms with E-state index < -0.39 is 29.6 Å². The van der Waals surface area contributed by atoms with E-state index in [0.717, 1.165) is 43.3 Å². The van der Waals surface area contributed by atoms with E-state index in [1.165, 1.54) is 4.90 Å². The molecule has 2 N–H and O–H groups in total. The number of aliphatic carboxylic acids is 1. The highest BCUT2D eigenvalue weighted by molar-refractivity contribution is 5.88. The number of aromatic nitrogens is 2. The second-order valence-electron chi connectivity index (χ2n) is 11.8. The van der Waals surface area contributed by atoms with Crippen molar-refractivity contribution in [2.24, 2.45) is 11.3 Å². The summed E-state index contributed by atoms with van der Waals surface area (Å²) in [6.45, 7) is 5.99. The second-order valence-corrected chi connectivity index (χ2v) is 11.8. The Bertz CT molecular complexity index is 1200. The van der Waals surface area contributed by atoms with Crippen LogP contribution in [0.1, 0.15) is 65.0 Å². The number of carboxylic acid groups (broad SMARTS) is 1. The van der Waals surface area contributed by atoms with Crippen molar-refractivity contribution in [3.05, 3.63) is 23.9 Å². The SMILES string of the molecule is COc1ccc2nc3c(nc2c1)O[C@@H]1C[C@@H](C(=O)O)N(C1)C(=O)[C@H](C(C)(C)C)NO[C@@H]1C[C@H]1CCCCC3. The molecule has 1 saturated carbocycles. The van der Waals surface area contributed by atoms with Gasteiger partial charge in [0.1, 0.15) is 29.6 Å². The highest BCUT2D eigenvalue weighted by Gasteiger charge is 2.47. The Morgan fingerprint density at radius 1 is 1.16 bits per heavy atom. The quantitative estimate of drug-likeness (QED) is 0.605. The predicted octanol–water partition coefficient (Wildman–Crippen LogP) is 3.51. The number of nitrogens with zero attached hydrogens (tertiary/aromatic N) is 3. The van der Waals surface area contributed by atoms with Crippen molar-refractivity contribution in [1.29, 1.82) is 0 Å². The molecular weight excluding hydrogens is 488 g/mol. The van der Waals surface area contributed by atoms with Crippen LogP contribution < -0.4 is 15.0 Å². The summed E-state index contributed by atoms with van der Waals surface area (Å²) in [5, 5.41) is 10.00. The minimum Gasteiger partial charge on any atom is -0.497 e. The summed E-state index contributed by atoms with van der Waals surface area (Å²) in [5.74, 6) is 0.193. The maximum Gasteiger partial charge on any atom is 0.326 e. The van der Waals surface area contributed by atoms with E-state index in [-0.39, 0.29) is 25.0 Å². The van der Waals surface area contributed by atoms with Crippen LogP contribution in [0, 0.1) is 11.3 Å². The Kier molecular flexibility index (Phi) is 7.46. The number of ether oxygens (including phenoxy) is 2. The summed E-state index contributed by atoms with van der Waals surface area (Å²) in [7, 11) is 1.60. The van der Waals surface area contributed by atoms with Gasteiger partial charge in [-0.2, -0.15) is 5.48 Å². The fourth-order valence-electron chi connectivity index (χ4n) is 5.42. The van der Waals surface area contributed by atoms with Gasteiger partial charge in [-0.1, -0.05) is 33.6 Å². The van der Waals surface area contributed by atoms with Crippen molar-refractivity contribution < 1.29 is 29.0 Å². The second kappa shape index (κ2) is 10.6. The summed E-state index contributed by atoms with van der Waals surface area (Å²) < 4.78 is 11.7. The number of nitrogens with one attached hydrogen (secondary N) is 1. The lowest BCUT2D eigenvalue weighted by Crippen LogP contribution is -2.55. The smallest absolute Gasteiger partial charge is 0.326 e. The van der Waals surface area contributed by atoms with Crippen LogP contribution in [0.15, 0.2) is 18.2 Å². The van der Waals surface area contributed by atoms with Crippen LogP contribution in [-0.2, 0) is 20.8 Å². The van der Waals surface area contributed by atoms with Crippen LogP contribution in [0.2, 0.25) is 0 Å². The number of rotatable bonds is 2. The molecule has 1 amide bonds. The maximum absolute atomic E-state index is 13.7. The number of methoxy groups -OCH3 is 1. The van der Waals surface area contributed by atoms with Crippen molar-refractivity contribution in [2.75, 3.05) is 13.7 Å². The minimum absolute atomic E-state index is 0.0863. The Morgan fingerprint density at radius 2 is 1.97 bits per heavy atom. The minimum atomic E-state index is -1.05. The molecule has 1 saturated heterocycles. The number of hydrogen-bond acceptors (Lipinski definition) is 8. The molecule has 1 aromatic heterocycles. The van der Waals surface area contributed by atoms with E-state index in [9.17, 15) is 14.7 Å². The van der Waals surface area contributed by atoms with Gasteiger partial charge < -0.3 is 19.5 Å². The Balaban J connectivity index is 1.48. The van der Waals surface area contributed by atoms with E-state index >= 15 is 0 Å². The largest absolute Gasteiger partial charge is 0.497 e. The Labute approximate surface area is 223 Å². The van der Waals surface area contributed by atoms with E-state index in [0.29, 0.717) is 29.5 Å². The number of amides is 1. The summed E-state index contributed by atoms with van der Waals surface area (Å²) in [4.78, 5) is 43.0. The van der Waals surface area contributed by atoms with Gasteiger partial charge in [-0.05, 0) is 49.1 Å². The molecule has 2 aromatic rings. The predicted molar refractivity (Wildman–Crippen MR) is 140 cm³/mol. The van der Waals surface area contributed by atoms with Gasteiger partial charge >= 0.3 is 5.97 Å². The molecule has 2 bridgehead atoms. The molecule has 5 atom stereocenters. The van der Waals surface area contributed by atoms with Crippen molar-refractivity contribution >= 4 is 22.9 Å². The third-order valence-corrected chi connectivity index (χ3v) is 7.81. The number of carbonyl (C=O) groups is 2. The number of carbonyl (C=O) groups excluding carboxylic acids is 1. The van der Waals surface area contributed by atoms with Gasteiger partial charge in [-0.15, -0.1) is 0 Å². The van der Waals surface area contributed by atoms with Crippen molar-refractivity contribution in [2.45, 2.75) is 90.0 Å². The van der Waals surface area contributed by atoms with Crippen LogP contribution in [0.4, 0.5) is 0 Å². The first-order valence-corrected chi connectivity index (χ1v) is 13.6. The fraction of sp³-hybridized carbons (Fsp3) is 0.643. The highest BCUT2D eigenvalue weighted by Crippen LogP contribution is 2.38. The van der Waals surface area contributed by atoms with E-state index in [1.54, 1.807) is 7.11 Å². The monoisotopic (exact) mass is 526 g/mol. The third-order valence-electron chi connectivity index (χ3n) is 7.81. The van der Waals surface area contributed by atoms with Crippen molar-refractivity contribution in [3.63, 3.8) is 0 Å². The summed E-state index contributed by atoms with van der Waals surface area (Å²) in [6, 6.07) is 3.86. The molecule has 1 aliphatic carbocycles. The van der Waals surface area contributed by atoms with Crippen LogP contribution >= 0.6 is 0 Å². The van der Waals surface area contributed by atoms with Gasteiger partial charge in [-0.3, -0.25) is 9.63 Å². The fourth-order valence-corrected chi connectivity index (χ4v) is 5.42. The summed E-state index contributed by atoms with van der Waals surface area (Å²) >= 11 is 0. The molecule has 0 radical (unpaired) electrons. The highest BCUT2D eigenvalue weighted by atomic mass is 16.7. The molecule has 2 aliphatic heterocycles. The zero-order valence-electron chi connectivity index (χ0n) is 22.6. The van der Waals surface area contributed by atoms with Crippen molar-refractivity contribution in [1.82, 2.24) is 20.3 Å². The zero-order chi connectivity index (χ0) is 27.0. The van der Waals surface area contributed by atoms with E-state index in [2.05, 4.69) is 5.48 Å². The van der Waals surface area contributed by atoms with Crippen LogP contribution in [0.25, 0.3) is 11.0 Å². The molecule has 2 fully saturated rings. The third kappa shape index (κ3) is 5.71. The molecule has 0 unspecified atom stereocenters. The molecule has 38 heavy (non-hydrogen) atoms. The molecule has 10 heteroatoms. The molecule has 5 rings (SSSR count). The van der Waals surface area contributed by atoms with Gasteiger partial charge in [0.15, 0.2) is 0 Å². The van der Waals surface area contributed by atoms with Gasteiger partial charge in [0, 0.05) is 12.5 Å². The number of hydrogen-bond donors (Lipinski definition) is 2. The number of benzene rings is 1. The Morgan fingerprint density at radius 3 is 2.71 bits per heavy atom. The zero-order valence-corrected chi connectivity index (χ0v) is 22.6. The molecule has 10 nitrogen and oxygen atoms in total.